The third-order valence-corrected chi connectivity index (χ3v) is 15.2. The third kappa shape index (κ3) is 17.6. The Morgan fingerprint density at radius 2 is 0.797 bits per heavy atom. The van der Waals surface area contributed by atoms with E-state index in [9.17, 15) is 0 Å². The highest BCUT2D eigenvalue weighted by atomic mass is 16.5. The first kappa shape index (κ1) is 57.4. The Bertz CT molecular complexity index is 2610. The molecule has 7 aromatic carbocycles. The highest BCUT2D eigenvalue weighted by Gasteiger charge is 2.45. The van der Waals surface area contributed by atoms with Gasteiger partial charge in [0.2, 0.25) is 0 Å². The minimum Gasteiger partial charge on any atom is -0.491 e. The Morgan fingerprint density at radius 1 is 0.419 bits per heavy atom. The summed E-state index contributed by atoms with van der Waals surface area (Å²) in [6.07, 6.45) is 9.92. The van der Waals surface area contributed by atoms with Crippen LogP contribution in [0.1, 0.15) is 208 Å². The molecule has 0 unspecified atom stereocenters. The molecule has 7 aromatic rings. The number of benzene rings is 7. The van der Waals surface area contributed by atoms with Gasteiger partial charge in [0.15, 0.2) is 0 Å². The molecule has 10 rings (SSSR count). The summed E-state index contributed by atoms with van der Waals surface area (Å²) in [5, 5.41) is 0. The number of rotatable bonds is 14. The van der Waals surface area contributed by atoms with Gasteiger partial charge in [-0.05, 0) is 174 Å². The van der Waals surface area contributed by atoms with Gasteiger partial charge in [-0.1, -0.05) is 233 Å². The normalized spacial score (nSPS) is 14.4. The highest BCUT2D eigenvalue weighted by Crippen LogP contribution is 2.53. The van der Waals surface area contributed by atoms with E-state index in [4.69, 9.17) is 4.74 Å². The molecule has 0 radical (unpaired) electrons. The molecule has 3 aliphatic carbocycles. The largest absolute Gasteiger partial charge is 0.491 e. The van der Waals surface area contributed by atoms with Gasteiger partial charge in [-0.15, -0.1) is 0 Å². The molecule has 0 aliphatic heterocycles. The van der Waals surface area contributed by atoms with E-state index in [0.29, 0.717) is 35.0 Å². The molecule has 2 heteroatoms. The topological polar surface area (TPSA) is 12.5 Å². The molecule has 0 aromatic heterocycles. The molecule has 0 spiro atoms. The second kappa shape index (κ2) is 28.2. The predicted octanol–water partition coefficient (Wildman–Crippen LogP) is 20.7. The SMILES string of the molecule is CC(C)Oc1ccc(C(C)C)cc1.CC(C)c1ccc(-c2ccccc2)cc1.CC(C)c1ccc(C2(c3ccccc3)CC2)cc1.CC(C)c1ccc(C2CCC2)cc1.CC(C)c1ccc(N(C)CC2CC2)cc1. The quantitative estimate of drug-likeness (QED) is 0.108. The van der Waals surface area contributed by atoms with Crippen LogP contribution >= 0.6 is 0 Å². The van der Waals surface area contributed by atoms with Crippen LogP contribution in [0.4, 0.5) is 5.69 Å². The lowest BCUT2D eigenvalue weighted by atomic mass is 9.80. The van der Waals surface area contributed by atoms with E-state index in [-0.39, 0.29) is 6.10 Å². The van der Waals surface area contributed by atoms with E-state index in [1.54, 1.807) is 5.56 Å². The summed E-state index contributed by atoms with van der Waals surface area (Å²) in [6, 6.07) is 66.0. The van der Waals surface area contributed by atoms with Gasteiger partial charge in [0.05, 0.1) is 6.10 Å². The van der Waals surface area contributed by atoms with Crippen molar-refractivity contribution in [1.82, 2.24) is 0 Å². The van der Waals surface area contributed by atoms with Gasteiger partial charge < -0.3 is 9.64 Å². The zero-order valence-electron chi connectivity index (χ0n) is 48.0. The van der Waals surface area contributed by atoms with E-state index in [1.165, 1.54) is 107 Å². The molecule has 0 N–H and O–H groups in total. The molecule has 0 heterocycles. The molecule has 74 heavy (non-hydrogen) atoms. The molecule has 0 amide bonds. The monoisotopic (exact) mass is 988 g/mol. The highest BCUT2D eigenvalue weighted by molar-refractivity contribution is 5.63. The van der Waals surface area contributed by atoms with Crippen molar-refractivity contribution in [2.45, 2.75) is 175 Å². The molecule has 3 fully saturated rings. The van der Waals surface area contributed by atoms with Crippen LogP contribution in [0.2, 0.25) is 0 Å². The third-order valence-electron chi connectivity index (χ3n) is 15.2. The first-order chi connectivity index (χ1) is 35.5. The van der Waals surface area contributed by atoms with Crippen LogP contribution in [0.15, 0.2) is 182 Å². The van der Waals surface area contributed by atoms with Crippen LogP contribution in [0, 0.1) is 5.92 Å². The minimum absolute atomic E-state index is 0.255. The van der Waals surface area contributed by atoms with Crippen LogP contribution < -0.4 is 9.64 Å². The van der Waals surface area contributed by atoms with Crippen molar-refractivity contribution >= 4 is 5.69 Å². The van der Waals surface area contributed by atoms with E-state index >= 15 is 0 Å². The fourth-order valence-electron chi connectivity index (χ4n) is 9.51. The van der Waals surface area contributed by atoms with Gasteiger partial charge in [-0.3, -0.25) is 0 Å². The second-order valence-corrected chi connectivity index (χ2v) is 23.3. The van der Waals surface area contributed by atoms with Gasteiger partial charge in [-0.25, -0.2) is 0 Å². The Labute approximate surface area is 451 Å². The lowest BCUT2D eigenvalue weighted by Gasteiger charge is -2.26. The van der Waals surface area contributed by atoms with Crippen LogP contribution in [0.25, 0.3) is 11.1 Å². The van der Waals surface area contributed by atoms with Crippen LogP contribution in [0.3, 0.4) is 0 Å². The Morgan fingerprint density at radius 3 is 1.19 bits per heavy atom. The predicted molar refractivity (Wildman–Crippen MR) is 323 cm³/mol. The molecule has 3 saturated carbocycles. The van der Waals surface area contributed by atoms with Gasteiger partial charge in [0, 0.05) is 24.7 Å². The Hall–Kier alpha value is -5.86. The van der Waals surface area contributed by atoms with E-state index in [1.807, 2.05) is 32.0 Å². The molecular weight excluding hydrogens is 895 g/mol. The fourth-order valence-corrected chi connectivity index (χ4v) is 9.51. The Balaban J connectivity index is 0.000000151. The van der Waals surface area contributed by atoms with E-state index < -0.39 is 0 Å². The smallest absolute Gasteiger partial charge is 0.119 e. The summed E-state index contributed by atoms with van der Waals surface area (Å²) < 4.78 is 5.55. The first-order valence-corrected chi connectivity index (χ1v) is 28.5. The number of anilines is 1. The van der Waals surface area contributed by atoms with E-state index in [0.717, 1.165) is 17.6 Å². The van der Waals surface area contributed by atoms with Crippen molar-refractivity contribution in [2.24, 2.45) is 5.92 Å². The molecule has 392 valence electrons. The first-order valence-electron chi connectivity index (χ1n) is 28.5. The standard InChI is InChI=1S/C18H20.C15H16.C14H21N.C13H18.C12H18O/c1-14(2)15-8-10-17(11-9-15)18(12-13-18)16-6-4-3-5-7-16;1-12(2)13-8-10-15(11-9-13)14-6-4-3-5-7-14;1-11(2)13-6-8-14(9-7-13)15(3)10-12-4-5-12;1-10(2)11-6-8-13(9-7-11)12-4-3-5-12;1-9(2)11-5-7-12(8-6-11)13-10(3)4/h3-11,14H,12-13H2,1-2H3;3-12H,1-2H3;6-9,11-12H,4-5,10H2,1-3H3;6-10,12H,3-5H2,1-2H3;5-10H,1-4H3. The molecule has 0 saturated heterocycles. The lowest BCUT2D eigenvalue weighted by molar-refractivity contribution is 0.242. The maximum Gasteiger partial charge on any atom is 0.119 e. The second-order valence-electron chi connectivity index (χ2n) is 23.3. The minimum atomic E-state index is 0.255. The van der Waals surface area contributed by atoms with E-state index in [2.05, 4.69) is 245 Å². The van der Waals surface area contributed by atoms with Crippen molar-refractivity contribution in [3.8, 4) is 16.9 Å². The van der Waals surface area contributed by atoms with Gasteiger partial charge in [0.25, 0.3) is 0 Å². The summed E-state index contributed by atoms with van der Waals surface area (Å²) in [5.41, 5.74) is 15.8. The van der Waals surface area contributed by atoms with Gasteiger partial charge >= 0.3 is 0 Å². The van der Waals surface area contributed by atoms with Crippen molar-refractivity contribution in [3.05, 3.63) is 226 Å². The van der Waals surface area contributed by atoms with Crippen LogP contribution in [-0.4, -0.2) is 19.7 Å². The number of ether oxygens (including phenoxy) is 1. The van der Waals surface area contributed by atoms with Crippen molar-refractivity contribution in [2.75, 3.05) is 18.5 Å². The van der Waals surface area contributed by atoms with Gasteiger partial charge in [0.1, 0.15) is 5.75 Å². The average Bonchev–Trinajstić information content (AvgIpc) is 4.35. The zero-order valence-corrected chi connectivity index (χ0v) is 48.0. The zero-order chi connectivity index (χ0) is 53.2. The molecular formula is C72H93NO. The molecule has 0 atom stereocenters. The summed E-state index contributed by atoms with van der Waals surface area (Å²) >= 11 is 0. The van der Waals surface area contributed by atoms with Crippen molar-refractivity contribution in [3.63, 3.8) is 0 Å². The summed E-state index contributed by atoms with van der Waals surface area (Å²) in [5.74, 6) is 5.90. The summed E-state index contributed by atoms with van der Waals surface area (Å²) in [6.45, 7) is 27.6. The average molecular weight is 989 g/mol. The number of hydrogen-bond donors (Lipinski definition) is 0. The van der Waals surface area contributed by atoms with Gasteiger partial charge in [-0.2, -0.15) is 0 Å². The molecule has 2 nitrogen and oxygen atoms in total. The number of hydrogen-bond acceptors (Lipinski definition) is 2. The summed E-state index contributed by atoms with van der Waals surface area (Å²) in [7, 11) is 2.20. The van der Waals surface area contributed by atoms with Crippen LogP contribution in [-0.2, 0) is 5.41 Å². The number of nitrogens with zero attached hydrogens (tertiary/aromatic N) is 1. The van der Waals surface area contributed by atoms with Crippen molar-refractivity contribution in [1.29, 1.82) is 0 Å². The van der Waals surface area contributed by atoms with Crippen molar-refractivity contribution < 1.29 is 4.74 Å². The maximum absolute atomic E-state index is 5.55. The van der Waals surface area contributed by atoms with Crippen LogP contribution in [0.5, 0.6) is 5.75 Å². The fraction of sp³-hybridized carbons (Fsp3) is 0.417. The molecule has 0 bridgehead atoms. The Kier molecular flexibility index (Phi) is 21.8. The molecule has 3 aliphatic rings. The lowest BCUT2D eigenvalue weighted by Crippen LogP contribution is -2.19. The maximum atomic E-state index is 5.55. The summed E-state index contributed by atoms with van der Waals surface area (Å²) in [4.78, 5) is 2.38.